The van der Waals surface area contributed by atoms with Gasteiger partial charge in [0.15, 0.2) is 0 Å². The van der Waals surface area contributed by atoms with E-state index in [2.05, 4.69) is 9.62 Å². The second-order valence-corrected chi connectivity index (χ2v) is 8.02. The van der Waals surface area contributed by atoms with Gasteiger partial charge in [0, 0.05) is 11.6 Å². The maximum atomic E-state index is 12.1. The molecule has 22 heavy (non-hydrogen) atoms. The molecule has 1 fully saturated rings. The first-order valence-corrected chi connectivity index (χ1v) is 9.92. The molecule has 0 amide bonds. The highest BCUT2D eigenvalue weighted by molar-refractivity contribution is 7.89. The molecule has 0 aliphatic carbocycles. The molecule has 0 bridgehead atoms. The smallest absolute Gasteiger partial charge is 0.240 e. The first kappa shape index (κ1) is 17.7. The van der Waals surface area contributed by atoms with Crippen molar-refractivity contribution in [1.29, 1.82) is 0 Å². The minimum atomic E-state index is -3.40. The number of nitrogens with one attached hydrogen (secondary N) is 1. The average Bonchev–Trinajstić information content (AvgIpc) is 2.52. The number of nitrogens with zero attached hydrogens (tertiary/aromatic N) is 1. The van der Waals surface area contributed by atoms with Crippen molar-refractivity contribution in [3.63, 3.8) is 0 Å². The van der Waals surface area contributed by atoms with Crippen molar-refractivity contribution in [1.82, 2.24) is 9.62 Å². The van der Waals surface area contributed by atoms with Gasteiger partial charge >= 0.3 is 0 Å². The predicted octanol–water partition coefficient (Wildman–Crippen LogP) is 3.27. The summed E-state index contributed by atoms with van der Waals surface area (Å²) in [7, 11) is -3.40. The Morgan fingerprint density at radius 1 is 1.00 bits per heavy atom. The summed E-state index contributed by atoms with van der Waals surface area (Å²) in [6, 6.07) is 6.24. The van der Waals surface area contributed by atoms with Crippen LogP contribution >= 0.6 is 11.6 Å². The molecular weight excluding hydrogens is 320 g/mol. The quantitative estimate of drug-likeness (QED) is 0.736. The third kappa shape index (κ3) is 5.88. The zero-order valence-electron chi connectivity index (χ0n) is 12.9. The maximum absolute atomic E-state index is 12.1. The molecule has 1 saturated heterocycles. The number of unbranched alkanes of at least 4 members (excludes halogenated alkanes) is 2. The Kier molecular flexibility index (Phi) is 7.15. The molecule has 124 valence electrons. The van der Waals surface area contributed by atoms with E-state index < -0.39 is 10.0 Å². The zero-order valence-corrected chi connectivity index (χ0v) is 14.5. The van der Waals surface area contributed by atoms with Gasteiger partial charge in [0.25, 0.3) is 0 Å². The van der Waals surface area contributed by atoms with Gasteiger partial charge in [-0.15, -0.1) is 0 Å². The van der Waals surface area contributed by atoms with E-state index in [0.29, 0.717) is 11.6 Å². The van der Waals surface area contributed by atoms with Crippen LogP contribution in [0, 0.1) is 0 Å². The summed E-state index contributed by atoms with van der Waals surface area (Å²) < 4.78 is 26.8. The number of likely N-dealkylation sites (tertiary alicyclic amines) is 1. The average molecular weight is 345 g/mol. The van der Waals surface area contributed by atoms with Crippen LogP contribution in [0.25, 0.3) is 0 Å². The fourth-order valence-corrected chi connectivity index (χ4v) is 3.92. The lowest BCUT2D eigenvalue weighted by molar-refractivity contribution is 0.224. The van der Waals surface area contributed by atoms with E-state index in [1.54, 1.807) is 12.1 Å². The molecule has 0 atom stereocenters. The SMILES string of the molecule is O=S(=O)(NCCCCCN1CCCCC1)c1ccc(Cl)cc1. The maximum Gasteiger partial charge on any atom is 0.240 e. The van der Waals surface area contributed by atoms with Crippen LogP contribution in [0.1, 0.15) is 38.5 Å². The van der Waals surface area contributed by atoms with Gasteiger partial charge in [0.2, 0.25) is 10.0 Å². The van der Waals surface area contributed by atoms with Crippen molar-refractivity contribution in [2.24, 2.45) is 0 Å². The van der Waals surface area contributed by atoms with Crippen LogP contribution < -0.4 is 4.72 Å². The van der Waals surface area contributed by atoms with Crippen molar-refractivity contribution >= 4 is 21.6 Å². The molecule has 0 radical (unpaired) electrons. The number of halogens is 1. The number of sulfonamides is 1. The molecular formula is C16H25ClN2O2S. The van der Waals surface area contributed by atoms with Crippen LogP contribution in [0.15, 0.2) is 29.2 Å². The van der Waals surface area contributed by atoms with Crippen LogP contribution in [0.4, 0.5) is 0 Å². The summed E-state index contributed by atoms with van der Waals surface area (Å²) in [6.45, 7) is 4.08. The van der Waals surface area contributed by atoms with Gasteiger partial charge in [-0.05, 0) is 69.6 Å². The lowest BCUT2D eigenvalue weighted by atomic mass is 10.1. The molecule has 1 aliphatic heterocycles. The number of piperidine rings is 1. The fourth-order valence-electron chi connectivity index (χ4n) is 2.72. The van der Waals surface area contributed by atoms with E-state index in [1.165, 1.54) is 44.5 Å². The van der Waals surface area contributed by atoms with Gasteiger partial charge in [-0.2, -0.15) is 0 Å². The van der Waals surface area contributed by atoms with Gasteiger partial charge in [0.1, 0.15) is 0 Å². The highest BCUT2D eigenvalue weighted by Gasteiger charge is 2.13. The summed E-state index contributed by atoms with van der Waals surface area (Å²) >= 11 is 5.77. The number of rotatable bonds is 8. The molecule has 0 saturated carbocycles. The molecule has 1 aromatic rings. The normalized spacial score (nSPS) is 16.8. The summed E-state index contributed by atoms with van der Waals surface area (Å²) in [5, 5.41) is 0.539. The van der Waals surface area contributed by atoms with Gasteiger partial charge in [-0.1, -0.05) is 24.4 Å². The Morgan fingerprint density at radius 3 is 2.36 bits per heavy atom. The minimum Gasteiger partial charge on any atom is -0.303 e. The topological polar surface area (TPSA) is 49.4 Å². The van der Waals surface area contributed by atoms with Gasteiger partial charge in [-0.25, -0.2) is 13.1 Å². The Balaban J connectivity index is 1.62. The summed E-state index contributed by atoms with van der Waals surface area (Å²) in [5.41, 5.74) is 0. The van der Waals surface area contributed by atoms with Gasteiger partial charge < -0.3 is 4.90 Å². The molecule has 1 heterocycles. The van der Waals surface area contributed by atoms with Crippen LogP contribution in [-0.2, 0) is 10.0 Å². The van der Waals surface area contributed by atoms with E-state index in [0.717, 1.165) is 25.8 Å². The Labute approximate surface area is 138 Å². The zero-order chi connectivity index (χ0) is 15.8. The van der Waals surface area contributed by atoms with E-state index in [1.807, 2.05) is 0 Å². The molecule has 6 heteroatoms. The van der Waals surface area contributed by atoms with Crippen molar-refractivity contribution in [3.8, 4) is 0 Å². The highest BCUT2D eigenvalue weighted by Crippen LogP contribution is 2.14. The monoisotopic (exact) mass is 344 g/mol. The third-order valence-electron chi connectivity index (χ3n) is 4.02. The van der Waals surface area contributed by atoms with Gasteiger partial charge in [0.05, 0.1) is 4.90 Å². The van der Waals surface area contributed by atoms with Crippen LogP contribution in [-0.4, -0.2) is 39.5 Å². The van der Waals surface area contributed by atoms with E-state index in [4.69, 9.17) is 11.6 Å². The largest absolute Gasteiger partial charge is 0.303 e. The summed E-state index contributed by atoms with van der Waals surface area (Å²) in [6.07, 6.45) is 7.08. The van der Waals surface area contributed by atoms with Crippen LogP contribution in [0.5, 0.6) is 0 Å². The Bertz CT molecular complexity index is 540. The molecule has 0 spiro atoms. The second-order valence-electron chi connectivity index (χ2n) is 5.81. The van der Waals surface area contributed by atoms with Crippen LogP contribution in [0.3, 0.4) is 0 Å². The molecule has 2 rings (SSSR count). The summed E-state index contributed by atoms with van der Waals surface area (Å²) in [4.78, 5) is 2.78. The van der Waals surface area contributed by atoms with E-state index in [9.17, 15) is 8.42 Å². The predicted molar refractivity (Wildman–Crippen MR) is 90.8 cm³/mol. The second kappa shape index (κ2) is 8.87. The first-order chi connectivity index (χ1) is 10.6. The number of hydrogen-bond acceptors (Lipinski definition) is 3. The molecule has 1 N–H and O–H groups in total. The fraction of sp³-hybridized carbons (Fsp3) is 0.625. The van der Waals surface area contributed by atoms with Crippen molar-refractivity contribution in [2.45, 2.75) is 43.4 Å². The summed E-state index contributed by atoms with van der Waals surface area (Å²) in [5.74, 6) is 0. The number of hydrogen-bond donors (Lipinski definition) is 1. The number of benzene rings is 1. The molecule has 4 nitrogen and oxygen atoms in total. The highest BCUT2D eigenvalue weighted by atomic mass is 35.5. The standard InChI is InChI=1S/C16H25ClN2O2S/c17-15-7-9-16(10-8-15)22(20,21)18-11-3-1-4-12-19-13-5-2-6-14-19/h7-10,18H,1-6,11-14H2. The Morgan fingerprint density at radius 2 is 1.68 bits per heavy atom. The van der Waals surface area contributed by atoms with E-state index >= 15 is 0 Å². The van der Waals surface area contributed by atoms with Crippen LogP contribution in [0.2, 0.25) is 5.02 Å². The lowest BCUT2D eigenvalue weighted by Crippen LogP contribution is -2.30. The molecule has 0 unspecified atom stereocenters. The van der Waals surface area contributed by atoms with E-state index in [-0.39, 0.29) is 4.90 Å². The van der Waals surface area contributed by atoms with Crippen molar-refractivity contribution < 1.29 is 8.42 Å². The molecule has 0 aromatic heterocycles. The van der Waals surface area contributed by atoms with Crippen molar-refractivity contribution in [2.75, 3.05) is 26.2 Å². The first-order valence-electron chi connectivity index (χ1n) is 8.05. The molecule has 1 aliphatic rings. The van der Waals surface area contributed by atoms with Crippen molar-refractivity contribution in [3.05, 3.63) is 29.3 Å². The lowest BCUT2D eigenvalue weighted by Gasteiger charge is -2.26. The minimum absolute atomic E-state index is 0.269. The van der Waals surface area contributed by atoms with Gasteiger partial charge in [-0.3, -0.25) is 0 Å². The third-order valence-corrected chi connectivity index (χ3v) is 5.74. The molecule has 1 aromatic carbocycles. The Hall–Kier alpha value is -0.620.